The summed E-state index contributed by atoms with van der Waals surface area (Å²) in [5, 5.41) is 12.0. The van der Waals surface area contributed by atoms with Gasteiger partial charge >= 0.3 is 0 Å². The third-order valence-corrected chi connectivity index (χ3v) is 10.9. The molecule has 1 heterocycles. The van der Waals surface area contributed by atoms with Gasteiger partial charge in [0.15, 0.2) is 8.32 Å². The van der Waals surface area contributed by atoms with Crippen molar-refractivity contribution < 1.29 is 9.53 Å². The highest BCUT2D eigenvalue weighted by Gasteiger charge is 2.37. The minimum absolute atomic E-state index is 0.221. The molecule has 1 aliphatic carbocycles. The first kappa shape index (κ1) is 18.7. The van der Waals surface area contributed by atoms with Crippen molar-refractivity contribution >= 4 is 19.2 Å². The van der Waals surface area contributed by atoms with Crippen LogP contribution < -0.4 is 0 Å². The largest absolute Gasteiger partial charge is 0.411 e. The topological polar surface area (TPSA) is 34.4 Å². The molecule has 1 aliphatic rings. The molecule has 0 bridgehead atoms. The summed E-state index contributed by atoms with van der Waals surface area (Å²) in [7, 11) is 0.371. The molecule has 3 rings (SSSR count). The number of rotatable bonds is 3. The van der Waals surface area contributed by atoms with Crippen molar-refractivity contribution in [3.05, 3.63) is 35.0 Å². The number of nitrogens with zero attached hydrogens (tertiary/aromatic N) is 1. The molecule has 0 spiro atoms. The van der Waals surface area contributed by atoms with Crippen molar-refractivity contribution in [1.82, 2.24) is 4.57 Å². The van der Waals surface area contributed by atoms with E-state index in [9.17, 15) is 5.11 Å². The fourth-order valence-electron chi connectivity index (χ4n) is 3.54. The quantitative estimate of drug-likeness (QED) is 0.583. The Labute approximate surface area is 153 Å². The Bertz CT molecular complexity index is 770. The molecule has 0 amide bonds. The Hall–Kier alpha value is -1.10. The van der Waals surface area contributed by atoms with Crippen molar-refractivity contribution in [2.75, 3.05) is 0 Å². The average molecular weight is 360 g/mol. The van der Waals surface area contributed by atoms with E-state index in [0.717, 1.165) is 31.2 Å². The summed E-state index contributed by atoms with van der Waals surface area (Å²) in [5.74, 6) is 0. The normalized spacial score (nSPS) is 19.1. The lowest BCUT2D eigenvalue weighted by Gasteiger charge is -2.36. The van der Waals surface area contributed by atoms with Gasteiger partial charge in [0.05, 0.1) is 12.7 Å². The van der Waals surface area contributed by atoms with Crippen molar-refractivity contribution in [1.29, 1.82) is 0 Å². The highest BCUT2D eigenvalue weighted by Crippen LogP contribution is 2.38. The maximum atomic E-state index is 10.5. The smallest absolute Gasteiger partial charge is 0.192 e. The molecular formula is C21H33NO2Si. The zero-order valence-corrected chi connectivity index (χ0v) is 17.6. The van der Waals surface area contributed by atoms with Crippen LogP contribution >= 0.6 is 0 Å². The number of hydrogen-bond acceptors (Lipinski definition) is 2. The van der Waals surface area contributed by atoms with Gasteiger partial charge in [-0.15, -0.1) is 0 Å². The number of aliphatic hydroxyl groups excluding tert-OH is 1. The van der Waals surface area contributed by atoms with E-state index < -0.39 is 8.32 Å². The third kappa shape index (κ3) is 3.44. The lowest BCUT2D eigenvalue weighted by Crippen LogP contribution is -2.40. The fraction of sp³-hybridized carbons (Fsp3) is 0.619. The molecule has 1 atom stereocenters. The van der Waals surface area contributed by atoms with Gasteiger partial charge in [-0.25, -0.2) is 0 Å². The van der Waals surface area contributed by atoms with Crippen LogP contribution in [0.25, 0.3) is 10.9 Å². The summed E-state index contributed by atoms with van der Waals surface area (Å²) in [5.41, 5.74) is 4.96. The summed E-state index contributed by atoms with van der Waals surface area (Å²) in [4.78, 5) is 0. The van der Waals surface area contributed by atoms with Crippen LogP contribution in [0.15, 0.2) is 18.2 Å². The standard InChI is InChI=1S/C21H33NO2Si/c1-21(2,3)25(5,6)24-14-15-13-18-16-9-7-8-10-20(23)17(16)11-12-19(18)22(15)4/h11-13,20,23H,7-10,14H2,1-6H3. The molecule has 4 heteroatoms. The van der Waals surface area contributed by atoms with Crippen LogP contribution in [0.2, 0.25) is 18.1 Å². The first-order valence-corrected chi connectivity index (χ1v) is 12.4. The van der Waals surface area contributed by atoms with Gasteiger partial charge in [0, 0.05) is 23.6 Å². The predicted octanol–water partition coefficient (Wildman–Crippen LogP) is 5.46. The van der Waals surface area contributed by atoms with E-state index in [1.165, 1.54) is 22.2 Å². The SMILES string of the molecule is Cn1c(CO[Si](C)(C)C(C)(C)C)cc2c3c(ccc21)C(O)CCCC3. The second-order valence-electron chi connectivity index (χ2n) is 9.07. The number of aromatic nitrogens is 1. The first-order chi connectivity index (χ1) is 11.6. The van der Waals surface area contributed by atoms with E-state index in [-0.39, 0.29) is 11.1 Å². The molecule has 0 fully saturated rings. The molecule has 0 aliphatic heterocycles. The molecule has 2 aromatic rings. The van der Waals surface area contributed by atoms with E-state index in [2.05, 4.69) is 63.7 Å². The molecule has 0 radical (unpaired) electrons. The molecule has 1 aromatic carbocycles. The Morgan fingerprint density at radius 2 is 1.96 bits per heavy atom. The molecule has 0 saturated heterocycles. The fourth-order valence-corrected chi connectivity index (χ4v) is 4.48. The van der Waals surface area contributed by atoms with Crippen LogP contribution in [0, 0.1) is 0 Å². The van der Waals surface area contributed by atoms with Gasteiger partial charge in [0.25, 0.3) is 0 Å². The van der Waals surface area contributed by atoms with Gasteiger partial charge < -0.3 is 14.1 Å². The molecule has 138 valence electrons. The number of aliphatic hydroxyl groups is 1. The van der Waals surface area contributed by atoms with Gasteiger partial charge in [-0.1, -0.05) is 33.3 Å². The van der Waals surface area contributed by atoms with Crippen LogP contribution in [0.3, 0.4) is 0 Å². The number of hydrogen-bond donors (Lipinski definition) is 1. The zero-order chi connectivity index (χ0) is 18.4. The summed E-state index contributed by atoms with van der Waals surface area (Å²) in [6.45, 7) is 12.1. The van der Waals surface area contributed by atoms with E-state index in [0.29, 0.717) is 6.61 Å². The average Bonchev–Trinajstić information content (AvgIpc) is 2.72. The Balaban J connectivity index is 1.96. The molecule has 1 unspecified atom stereocenters. The zero-order valence-electron chi connectivity index (χ0n) is 16.6. The summed E-state index contributed by atoms with van der Waals surface area (Å²) >= 11 is 0. The van der Waals surface area contributed by atoms with Crippen molar-refractivity contribution in [2.24, 2.45) is 7.05 Å². The molecular weight excluding hydrogens is 326 g/mol. The maximum Gasteiger partial charge on any atom is 0.192 e. The summed E-state index contributed by atoms with van der Waals surface area (Å²) < 4.78 is 8.71. The van der Waals surface area contributed by atoms with Crippen LogP contribution in [0.4, 0.5) is 0 Å². The van der Waals surface area contributed by atoms with Gasteiger partial charge in [-0.3, -0.25) is 0 Å². The molecule has 1 N–H and O–H groups in total. The summed E-state index contributed by atoms with van der Waals surface area (Å²) in [6.07, 6.45) is 3.90. The molecule has 25 heavy (non-hydrogen) atoms. The second-order valence-corrected chi connectivity index (χ2v) is 13.9. The highest BCUT2D eigenvalue weighted by molar-refractivity contribution is 6.74. The monoisotopic (exact) mass is 359 g/mol. The van der Waals surface area contributed by atoms with E-state index in [1.54, 1.807) is 0 Å². The molecule has 1 aromatic heterocycles. The number of benzene rings is 1. The maximum absolute atomic E-state index is 10.5. The third-order valence-electron chi connectivity index (χ3n) is 6.37. The van der Waals surface area contributed by atoms with E-state index in [1.807, 2.05) is 0 Å². The van der Waals surface area contributed by atoms with Crippen LogP contribution in [0.5, 0.6) is 0 Å². The Morgan fingerprint density at radius 1 is 1.24 bits per heavy atom. The first-order valence-electron chi connectivity index (χ1n) is 9.54. The molecule has 0 saturated carbocycles. The van der Waals surface area contributed by atoms with Crippen molar-refractivity contribution in [2.45, 2.75) is 77.3 Å². The Morgan fingerprint density at radius 3 is 2.64 bits per heavy atom. The minimum Gasteiger partial charge on any atom is -0.411 e. The van der Waals surface area contributed by atoms with Crippen LogP contribution in [-0.4, -0.2) is 18.0 Å². The van der Waals surface area contributed by atoms with E-state index in [4.69, 9.17) is 4.43 Å². The predicted molar refractivity (Wildman–Crippen MR) is 107 cm³/mol. The molecule has 3 nitrogen and oxygen atoms in total. The van der Waals surface area contributed by atoms with Gasteiger partial charge in [-0.2, -0.15) is 0 Å². The highest BCUT2D eigenvalue weighted by atomic mass is 28.4. The Kier molecular flexibility index (Phi) is 4.90. The number of fused-ring (bicyclic) bond motifs is 3. The lowest BCUT2D eigenvalue weighted by molar-refractivity contribution is 0.167. The van der Waals surface area contributed by atoms with Crippen molar-refractivity contribution in [3.63, 3.8) is 0 Å². The summed E-state index contributed by atoms with van der Waals surface area (Å²) in [6, 6.07) is 6.59. The van der Waals surface area contributed by atoms with Crippen LogP contribution in [-0.2, 0) is 24.5 Å². The van der Waals surface area contributed by atoms with Gasteiger partial charge in [0.2, 0.25) is 0 Å². The van der Waals surface area contributed by atoms with E-state index >= 15 is 0 Å². The minimum atomic E-state index is -1.76. The van der Waals surface area contributed by atoms with Gasteiger partial charge in [0.1, 0.15) is 0 Å². The van der Waals surface area contributed by atoms with Gasteiger partial charge in [-0.05, 0) is 60.7 Å². The second kappa shape index (κ2) is 6.56. The van der Waals surface area contributed by atoms with Crippen molar-refractivity contribution in [3.8, 4) is 0 Å². The van der Waals surface area contributed by atoms with Crippen LogP contribution in [0.1, 0.15) is 63.0 Å². The number of aryl methyl sites for hydroxylation is 2. The lowest BCUT2D eigenvalue weighted by atomic mass is 9.97.